The van der Waals surface area contributed by atoms with Gasteiger partial charge in [-0.15, -0.1) is 24.8 Å². The molecule has 1 amide bonds. The Morgan fingerprint density at radius 2 is 1.77 bits per heavy atom. The van der Waals surface area contributed by atoms with Gasteiger partial charge in [-0.25, -0.2) is 14.4 Å². The molecule has 1 aliphatic rings. The van der Waals surface area contributed by atoms with Crippen LogP contribution in [0.3, 0.4) is 0 Å². The lowest BCUT2D eigenvalue weighted by atomic mass is 10.1. The van der Waals surface area contributed by atoms with Crippen molar-refractivity contribution >= 4 is 41.8 Å². The van der Waals surface area contributed by atoms with E-state index in [-0.39, 0.29) is 54.5 Å². The number of carbonyl (C=O) groups is 1. The van der Waals surface area contributed by atoms with Crippen LogP contribution in [0.4, 0.5) is 17.6 Å². The van der Waals surface area contributed by atoms with Gasteiger partial charge in [0.05, 0.1) is 22.5 Å². The van der Waals surface area contributed by atoms with Gasteiger partial charge in [0.1, 0.15) is 17.4 Å². The number of fused-ring (bicyclic) bond motifs is 1. The maximum Gasteiger partial charge on any atom is 0.405 e. The number of alkyl halides is 3. The van der Waals surface area contributed by atoms with Crippen LogP contribution >= 0.6 is 24.8 Å². The van der Waals surface area contributed by atoms with E-state index >= 15 is 0 Å². The Kier molecular flexibility index (Phi) is 9.22. The lowest BCUT2D eigenvalue weighted by Crippen LogP contribution is -2.57. The van der Waals surface area contributed by atoms with Crippen LogP contribution in [-0.2, 0) is 0 Å². The number of aromatic nitrogens is 2. The molecule has 30 heavy (non-hydrogen) atoms. The molecule has 168 valence electrons. The van der Waals surface area contributed by atoms with Crippen molar-refractivity contribution in [3.63, 3.8) is 0 Å². The molecule has 2 aromatic rings. The standard InChI is InChI=1S/C18H21F4N5O.2ClH/c1-10-11(2)26-16-13(7-12(19)8-14(16)25-10)17(28)24-9-15(18(20,21)22)27-5-3-23-4-6-27;;/h7-8,15,23H,3-6,9H2,1-2H3,(H,24,28);2*1H. The van der Waals surface area contributed by atoms with Gasteiger partial charge in [-0.3, -0.25) is 9.69 Å². The van der Waals surface area contributed by atoms with Crippen LogP contribution in [0.5, 0.6) is 0 Å². The van der Waals surface area contributed by atoms with E-state index in [1.165, 1.54) is 4.90 Å². The van der Waals surface area contributed by atoms with Crippen LogP contribution in [-0.4, -0.2) is 65.7 Å². The third kappa shape index (κ3) is 5.90. The Labute approximate surface area is 183 Å². The summed E-state index contributed by atoms with van der Waals surface area (Å²) in [6.45, 7) is 4.12. The maximum absolute atomic E-state index is 13.9. The zero-order valence-electron chi connectivity index (χ0n) is 16.3. The van der Waals surface area contributed by atoms with Crippen molar-refractivity contribution in [2.24, 2.45) is 0 Å². The minimum Gasteiger partial charge on any atom is -0.350 e. The van der Waals surface area contributed by atoms with E-state index in [9.17, 15) is 22.4 Å². The van der Waals surface area contributed by atoms with Gasteiger partial charge in [-0.1, -0.05) is 0 Å². The van der Waals surface area contributed by atoms with Crippen molar-refractivity contribution in [1.82, 2.24) is 25.5 Å². The van der Waals surface area contributed by atoms with E-state index in [1.54, 1.807) is 13.8 Å². The molecule has 1 saturated heterocycles. The van der Waals surface area contributed by atoms with E-state index in [0.717, 1.165) is 12.1 Å². The SMILES string of the molecule is Cc1nc2cc(F)cc(C(=O)NCC(N3CCNCC3)C(F)(F)F)c2nc1C.Cl.Cl. The molecule has 0 aliphatic carbocycles. The Morgan fingerprint density at radius 3 is 2.37 bits per heavy atom. The van der Waals surface area contributed by atoms with Gasteiger partial charge < -0.3 is 10.6 Å². The van der Waals surface area contributed by atoms with Crippen molar-refractivity contribution in [2.75, 3.05) is 32.7 Å². The zero-order valence-corrected chi connectivity index (χ0v) is 18.0. The largest absolute Gasteiger partial charge is 0.405 e. The number of piperazine rings is 1. The second-order valence-corrected chi connectivity index (χ2v) is 6.77. The first-order valence-electron chi connectivity index (χ1n) is 8.91. The lowest BCUT2D eigenvalue weighted by molar-refractivity contribution is -0.183. The third-order valence-electron chi connectivity index (χ3n) is 4.82. The van der Waals surface area contributed by atoms with Crippen molar-refractivity contribution in [1.29, 1.82) is 0 Å². The summed E-state index contributed by atoms with van der Waals surface area (Å²) in [4.78, 5) is 22.3. The summed E-state index contributed by atoms with van der Waals surface area (Å²) in [6, 6.07) is 0.299. The fraction of sp³-hybridized carbons (Fsp3) is 0.500. The predicted molar refractivity (Wildman–Crippen MR) is 110 cm³/mol. The average Bonchev–Trinajstić information content (AvgIpc) is 2.62. The van der Waals surface area contributed by atoms with Crippen LogP contribution in [0.2, 0.25) is 0 Å². The minimum atomic E-state index is -4.50. The number of hydrogen-bond acceptors (Lipinski definition) is 5. The lowest BCUT2D eigenvalue weighted by Gasteiger charge is -2.35. The van der Waals surface area contributed by atoms with Gasteiger partial charge in [0, 0.05) is 38.8 Å². The van der Waals surface area contributed by atoms with E-state index < -0.39 is 30.5 Å². The topological polar surface area (TPSA) is 70.2 Å². The number of hydrogen-bond donors (Lipinski definition) is 2. The number of nitrogens with one attached hydrogen (secondary N) is 2. The smallest absolute Gasteiger partial charge is 0.350 e. The monoisotopic (exact) mass is 471 g/mol. The van der Waals surface area contributed by atoms with E-state index in [4.69, 9.17) is 0 Å². The number of amides is 1. The van der Waals surface area contributed by atoms with Crippen molar-refractivity contribution < 1.29 is 22.4 Å². The fourth-order valence-electron chi connectivity index (χ4n) is 3.20. The molecule has 1 aliphatic heterocycles. The highest BCUT2D eigenvalue weighted by molar-refractivity contribution is 6.04. The summed E-state index contributed by atoms with van der Waals surface area (Å²) >= 11 is 0. The molecule has 0 saturated carbocycles. The second-order valence-electron chi connectivity index (χ2n) is 6.77. The van der Waals surface area contributed by atoms with Crippen molar-refractivity contribution in [3.8, 4) is 0 Å². The molecular formula is C18H23Cl2F4N5O. The van der Waals surface area contributed by atoms with Crippen LogP contribution in [0.25, 0.3) is 11.0 Å². The first-order chi connectivity index (χ1) is 13.2. The quantitative estimate of drug-likeness (QED) is 0.671. The van der Waals surface area contributed by atoms with Gasteiger partial charge in [0.25, 0.3) is 5.91 Å². The highest BCUT2D eigenvalue weighted by Crippen LogP contribution is 2.25. The number of benzene rings is 1. The first kappa shape index (κ1) is 26.3. The van der Waals surface area contributed by atoms with Gasteiger partial charge in [-0.2, -0.15) is 13.2 Å². The summed E-state index contributed by atoms with van der Waals surface area (Å²) in [7, 11) is 0. The molecule has 0 radical (unpaired) electrons. The molecule has 1 aromatic heterocycles. The first-order valence-corrected chi connectivity index (χ1v) is 8.91. The second kappa shape index (κ2) is 10.5. The summed E-state index contributed by atoms with van der Waals surface area (Å²) < 4.78 is 54.4. The van der Waals surface area contributed by atoms with Gasteiger partial charge >= 0.3 is 6.18 Å². The highest BCUT2D eigenvalue weighted by Gasteiger charge is 2.43. The number of carbonyl (C=O) groups excluding carboxylic acids is 1. The molecule has 6 nitrogen and oxygen atoms in total. The van der Waals surface area contributed by atoms with Crippen molar-refractivity contribution in [2.45, 2.75) is 26.1 Å². The predicted octanol–water partition coefficient (Wildman–Crippen LogP) is 2.80. The maximum atomic E-state index is 13.9. The zero-order chi connectivity index (χ0) is 20.5. The van der Waals surface area contributed by atoms with E-state index in [1.807, 2.05) is 0 Å². The summed E-state index contributed by atoms with van der Waals surface area (Å²) in [5.74, 6) is -1.52. The normalized spacial score (nSPS) is 15.8. The van der Waals surface area contributed by atoms with E-state index in [2.05, 4.69) is 20.6 Å². The van der Waals surface area contributed by atoms with E-state index in [0.29, 0.717) is 24.5 Å². The van der Waals surface area contributed by atoms with Crippen LogP contribution in [0.1, 0.15) is 21.7 Å². The minimum absolute atomic E-state index is 0. The Hall–Kier alpha value is -1.75. The van der Waals surface area contributed by atoms with Crippen LogP contribution < -0.4 is 10.6 Å². The molecular weight excluding hydrogens is 449 g/mol. The third-order valence-corrected chi connectivity index (χ3v) is 4.82. The van der Waals surface area contributed by atoms with Crippen molar-refractivity contribution in [3.05, 3.63) is 34.9 Å². The van der Waals surface area contributed by atoms with Gasteiger partial charge in [0.2, 0.25) is 0 Å². The Balaban J connectivity index is 0.00000225. The fourth-order valence-corrected chi connectivity index (χ4v) is 3.20. The number of nitrogens with zero attached hydrogens (tertiary/aromatic N) is 3. The molecule has 3 rings (SSSR count). The van der Waals surface area contributed by atoms with Crippen LogP contribution in [0.15, 0.2) is 12.1 Å². The molecule has 0 bridgehead atoms. The van der Waals surface area contributed by atoms with Gasteiger partial charge in [0.15, 0.2) is 0 Å². The molecule has 2 heterocycles. The summed E-state index contributed by atoms with van der Waals surface area (Å²) in [5, 5.41) is 5.30. The summed E-state index contributed by atoms with van der Waals surface area (Å²) in [6.07, 6.45) is -4.50. The molecule has 1 fully saturated rings. The number of halogens is 6. The molecule has 1 unspecified atom stereocenters. The van der Waals surface area contributed by atoms with Crippen LogP contribution in [0, 0.1) is 19.7 Å². The summed E-state index contributed by atoms with van der Waals surface area (Å²) in [5.41, 5.74) is 1.35. The average molecular weight is 472 g/mol. The number of aryl methyl sites for hydroxylation is 2. The number of rotatable bonds is 4. The molecule has 1 atom stereocenters. The van der Waals surface area contributed by atoms with Gasteiger partial charge in [-0.05, 0) is 19.9 Å². The molecule has 0 spiro atoms. The highest BCUT2D eigenvalue weighted by atomic mass is 35.5. The molecule has 1 aromatic carbocycles. The Morgan fingerprint density at radius 1 is 1.17 bits per heavy atom. The molecule has 12 heteroatoms. The Bertz CT molecular complexity index is 891. The molecule has 2 N–H and O–H groups in total.